The zero-order valence-electron chi connectivity index (χ0n) is 16.8. The Morgan fingerprint density at radius 3 is 2.46 bits per heavy atom. The van der Waals surface area contributed by atoms with Crippen LogP contribution in [0.25, 0.3) is 0 Å². The topological polar surface area (TPSA) is 32.3 Å². The number of nitrogens with zero attached hydrogens (tertiary/aromatic N) is 1. The predicted molar refractivity (Wildman–Crippen MR) is 116 cm³/mol. The average Bonchev–Trinajstić information content (AvgIpc) is 2.71. The Bertz CT molecular complexity index is 794. The molecule has 2 aromatic carbocycles. The standard InChI is InChI=1S/C25H30N2O/c1-21(28)26-25-13-11-22(12-14-25)8-6-3-7-17-27-18-15-24(16-19-27)20-23-9-4-2-5-10-23/h2,4-5,9-14,24H,3,7,15-20H2,1H3,(H,26,28). The van der Waals surface area contributed by atoms with Crippen molar-refractivity contribution in [1.29, 1.82) is 0 Å². The van der Waals surface area contributed by atoms with Crippen molar-refractivity contribution >= 4 is 11.6 Å². The molecule has 1 heterocycles. The first-order chi connectivity index (χ1) is 13.7. The molecule has 1 saturated heterocycles. The molecule has 3 rings (SSSR count). The Balaban J connectivity index is 1.32. The molecule has 3 nitrogen and oxygen atoms in total. The van der Waals surface area contributed by atoms with Crippen LogP contribution in [0.15, 0.2) is 54.6 Å². The first kappa shape index (κ1) is 20.2. The molecule has 1 N–H and O–H groups in total. The number of unbranched alkanes of at least 4 members (excludes halogenated alkanes) is 1. The molecule has 1 fully saturated rings. The lowest BCUT2D eigenvalue weighted by molar-refractivity contribution is -0.114. The van der Waals surface area contributed by atoms with Crippen molar-refractivity contribution in [2.24, 2.45) is 5.92 Å². The van der Waals surface area contributed by atoms with Crippen molar-refractivity contribution < 1.29 is 4.79 Å². The SMILES string of the molecule is CC(=O)Nc1ccc(C#CCCCN2CCC(Cc3ccccc3)CC2)cc1. The zero-order chi connectivity index (χ0) is 19.6. The van der Waals surface area contributed by atoms with E-state index in [0.717, 1.165) is 36.6 Å². The van der Waals surface area contributed by atoms with Crippen LogP contribution in [0.1, 0.15) is 43.7 Å². The predicted octanol–water partition coefficient (Wildman–Crippen LogP) is 4.73. The molecule has 0 spiro atoms. The van der Waals surface area contributed by atoms with E-state index >= 15 is 0 Å². The minimum atomic E-state index is -0.0528. The van der Waals surface area contributed by atoms with Crippen molar-refractivity contribution in [3.63, 3.8) is 0 Å². The van der Waals surface area contributed by atoms with Gasteiger partial charge in [-0.15, -0.1) is 0 Å². The van der Waals surface area contributed by atoms with E-state index in [1.54, 1.807) is 0 Å². The summed E-state index contributed by atoms with van der Waals surface area (Å²) in [6, 6.07) is 18.6. The quantitative estimate of drug-likeness (QED) is 0.585. The molecule has 28 heavy (non-hydrogen) atoms. The molecule has 0 unspecified atom stereocenters. The van der Waals surface area contributed by atoms with Crippen LogP contribution in [0.5, 0.6) is 0 Å². The number of hydrogen-bond acceptors (Lipinski definition) is 2. The summed E-state index contributed by atoms with van der Waals surface area (Å²) in [5.41, 5.74) is 3.28. The fourth-order valence-electron chi connectivity index (χ4n) is 3.76. The van der Waals surface area contributed by atoms with Gasteiger partial charge in [0.25, 0.3) is 0 Å². The Labute approximate surface area is 169 Å². The van der Waals surface area contributed by atoms with Crippen LogP contribution < -0.4 is 5.32 Å². The highest BCUT2D eigenvalue weighted by molar-refractivity contribution is 5.88. The van der Waals surface area contributed by atoms with Crippen molar-refractivity contribution in [3.05, 3.63) is 65.7 Å². The van der Waals surface area contributed by atoms with E-state index in [2.05, 4.69) is 52.4 Å². The monoisotopic (exact) mass is 374 g/mol. The van der Waals surface area contributed by atoms with E-state index in [-0.39, 0.29) is 5.91 Å². The van der Waals surface area contributed by atoms with Gasteiger partial charge < -0.3 is 10.2 Å². The van der Waals surface area contributed by atoms with Gasteiger partial charge in [-0.05, 0) is 81.1 Å². The second-order valence-electron chi connectivity index (χ2n) is 7.64. The second-order valence-corrected chi connectivity index (χ2v) is 7.64. The second kappa shape index (κ2) is 10.7. The number of likely N-dealkylation sites (tertiary alicyclic amines) is 1. The Morgan fingerprint density at radius 1 is 1.07 bits per heavy atom. The van der Waals surface area contributed by atoms with Gasteiger partial charge in [0.05, 0.1) is 0 Å². The van der Waals surface area contributed by atoms with Gasteiger partial charge in [-0.3, -0.25) is 4.79 Å². The third-order valence-corrected chi connectivity index (χ3v) is 5.29. The lowest BCUT2D eigenvalue weighted by Crippen LogP contribution is -2.34. The highest BCUT2D eigenvalue weighted by Crippen LogP contribution is 2.21. The maximum Gasteiger partial charge on any atom is 0.221 e. The largest absolute Gasteiger partial charge is 0.326 e. The molecule has 0 bridgehead atoms. The first-order valence-electron chi connectivity index (χ1n) is 10.3. The summed E-state index contributed by atoms with van der Waals surface area (Å²) in [5, 5.41) is 2.77. The van der Waals surface area contributed by atoms with Crippen molar-refractivity contribution in [2.75, 3.05) is 25.0 Å². The number of amides is 1. The Hall–Kier alpha value is -2.57. The van der Waals surface area contributed by atoms with Gasteiger partial charge in [0.15, 0.2) is 0 Å². The Morgan fingerprint density at radius 2 is 1.79 bits per heavy atom. The van der Waals surface area contributed by atoms with E-state index < -0.39 is 0 Å². The van der Waals surface area contributed by atoms with Crippen molar-refractivity contribution in [1.82, 2.24) is 4.90 Å². The third-order valence-electron chi connectivity index (χ3n) is 5.29. The fraction of sp³-hybridized carbons (Fsp3) is 0.400. The molecule has 146 valence electrons. The summed E-state index contributed by atoms with van der Waals surface area (Å²) in [5.74, 6) is 7.27. The van der Waals surface area contributed by atoms with E-state index in [9.17, 15) is 4.79 Å². The molecule has 1 amide bonds. The van der Waals surface area contributed by atoms with E-state index in [1.807, 2.05) is 24.3 Å². The van der Waals surface area contributed by atoms with Gasteiger partial charge in [0, 0.05) is 24.6 Å². The van der Waals surface area contributed by atoms with Gasteiger partial charge in [-0.1, -0.05) is 42.2 Å². The Kier molecular flexibility index (Phi) is 7.70. The molecular weight excluding hydrogens is 344 g/mol. The number of hydrogen-bond donors (Lipinski definition) is 1. The molecule has 0 aromatic heterocycles. The van der Waals surface area contributed by atoms with Crippen LogP contribution in [-0.4, -0.2) is 30.4 Å². The van der Waals surface area contributed by atoms with Crippen LogP contribution in [0.2, 0.25) is 0 Å². The summed E-state index contributed by atoms with van der Waals surface area (Å²) < 4.78 is 0. The first-order valence-corrected chi connectivity index (χ1v) is 10.3. The minimum Gasteiger partial charge on any atom is -0.326 e. The smallest absolute Gasteiger partial charge is 0.221 e. The lowest BCUT2D eigenvalue weighted by atomic mass is 9.90. The third kappa shape index (κ3) is 6.87. The van der Waals surface area contributed by atoms with E-state index in [0.29, 0.717) is 0 Å². The van der Waals surface area contributed by atoms with Crippen molar-refractivity contribution in [3.8, 4) is 11.8 Å². The van der Waals surface area contributed by atoms with Gasteiger partial charge in [-0.25, -0.2) is 0 Å². The van der Waals surface area contributed by atoms with Crippen molar-refractivity contribution in [2.45, 2.75) is 39.0 Å². The minimum absolute atomic E-state index is 0.0528. The van der Waals surface area contributed by atoms with Crippen LogP contribution in [0.3, 0.4) is 0 Å². The summed E-state index contributed by atoms with van der Waals surface area (Å²) >= 11 is 0. The van der Waals surface area contributed by atoms with Gasteiger partial charge in [-0.2, -0.15) is 0 Å². The number of nitrogens with one attached hydrogen (secondary N) is 1. The summed E-state index contributed by atoms with van der Waals surface area (Å²) in [4.78, 5) is 13.6. The molecule has 3 heteroatoms. The molecule has 0 atom stereocenters. The maximum atomic E-state index is 11.0. The molecule has 1 aliphatic heterocycles. The number of benzene rings is 2. The van der Waals surface area contributed by atoms with Gasteiger partial charge in [0.2, 0.25) is 5.91 Å². The number of carbonyl (C=O) groups excluding carboxylic acids is 1. The van der Waals surface area contributed by atoms with Crippen LogP contribution >= 0.6 is 0 Å². The lowest BCUT2D eigenvalue weighted by Gasteiger charge is -2.31. The molecule has 1 aliphatic rings. The van der Waals surface area contributed by atoms with Crippen LogP contribution in [0.4, 0.5) is 5.69 Å². The van der Waals surface area contributed by atoms with Gasteiger partial charge in [0.1, 0.15) is 0 Å². The van der Waals surface area contributed by atoms with Crippen LogP contribution in [0, 0.1) is 17.8 Å². The number of carbonyl (C=O) groups is 1. The number of anilines is 1. The number of rotatable bonds is 6. The molecule has 0 saturated carbocycles. The molecule has 0 radical (unpaired) electrons. The normalized spacial score (nSPS) is 14.9. The van der Waals surface area contributed by atoms with E-state index in [1.165, 1.54) is 44.8 Å². The average molecular weight is 375 g/mol. The molecule has 2 aromatic rings. The summed E-state index contributed by atoms with van der Waals surface area (Å²) in [6.07, 6.45) is 5.89. The molecule has 0 aliphatic carbocycles. The highest BCUT2D eigenvalue weighted by Gasteiger charge is 2.18. The maximum absolute atomic E-state index is 11.0. The highest BCUT2D eigenvalue weighted by atomic mass is 16.1. The fourth-order valence-corrected chi connectivity index (χ4v) is 3.76. The van der Waals surface area contributed by atoms with Crippen LogP contribution in [-0.2, 0) is 11.2 Å². The van der Waals surface area contributed by atoms with Gasteiger partial charge >= 0.3 is 0 Å². The summed E-state index contributed by atoms with van der Waals surface area (Å²) in [6.45, 7) is 5.10. The summed E-state index contributed by atoms with van der Waals surface area (Å²) in [7, 11) is 0. The molecular formula is C25H30N2O. The number of piperidine rings is 1. The zero-order valence-corrected chi connectivity index (χ0v) is 16.8. The van der Waals surface area contributed by atoms with E-state index in [4.69, 9.17) is 0 Å².